The van der Waals surface area contributed by atoms with Gasteiger partial charge in [0.15, 0.2) is 0 Å². The molecule has 4 heteroatoms. The Bertz CT molecular complexity index is 838. The van der Waals surface area contributed by atoms with E-state index < -0.39 is 0 Å². The first-order chi connectivity index (χ1) is 15.4. The van der Waals surface area contributed by atoms with Crippen molar-refractivity contribution < 1.29 is 4.74 Å². The predicted octanol–water partition coefficient (Wildman–Crippen LogP) is 8.16. The lowest BCUT2D eigenvalue weighted by molar-refractivity contribution is 0.411. The summed E-state index contributed by atoms with van der Waals surface area (Å²) in [5.74, 6) is 1.68. The van der Waals surface area contributed by atoms with Crippen LogP contribution < -0.4 is 10.1 Å². The number of methoxy groups -OCH3 is 1. The van der Waals surface area contributed by atoms with E-state index in [9.17, 15) is 0 Å². The normalized spacial score (nSPS) is 10.6. The van der Waals surface area contributed by atoms with Gasteiger partial charge < -0.3 is 10.1 Å². The van der Waals surface area contributed by atoms with E-state index in [-0.39, 0.29) is 0 Å². The molecular formula is C28H43N3O. The molecule has 0 atom stereocenters. The summed E-state index contributed by atoms with van der Waals surface area (Å²) in [5, 5.41) is 3.32. The molecule has 0 aliphatic rings. The maximum atomic E-state index is 5.47. The number of unbranched alkanes of at least 4 members (excludes halogenated alkanes) is 1. The van der Waals surface area contributed by atoms with Gasteiger partial charge in [0.05, 0.1) is 7.11 Å². The van der Waals surface area contributed by atoms with E-state index >= 15 is 0 Å². The van der Waals surface area contributed by atoms with Gasteiger partial charge in [-0.1, -0.05) is 60.1 Å². The number of nitrogens with one attached hydrogen (secondary N) is 1. The Labute approximate surface area is 196 Å². The number of aryl methyl sites for hydroxylation is 2. The van der Waals surface area contributed by atoms with Gasteiger partial charge in [0.1, 0.15) is 11.6 Å². The highest BCUT2D eigenvalue weighted by Crippen LogP contribution is 2.27. The van der Waals surface area contributed by atoms with Crippen LogP contribution in [-0.4, -0.2) is 17.9 Å². The summed E-state index contributed by atoms with van der Waals surface area (Å²) < 4.78 is 5.47. The smallest absolute Gasteiger partial charge is 0.124 e. The van der Waals surface area contributed by atoms with E-state index in [4.69, 9.17) is 4.74 Å². The third-order valence-corrected chi connectivity index (χ3v) is 4.72. The molecule has 0 unspecified atom stereocenters. The Hall–Kier alpha value is -2.88. The summed E-state index contributed by atoms with van der Waals surface area (Å²) >= 11 is 0. The van der Waals surface area contributed by atoms with Crippen LogP contribution in [0.3, 0.4) is 0 Å². The van der Waals surface area contributed by atoms with Crippen LogP contribution in [0.5, 0.6) is 5.75 Å². The summed E-state index contributed by atoms with van der Waals surface area (Å²) in [6.07, 6.45) is 9.04. The zero-order valence-electron chi connectivity index (χ0n) is 21.7. The van der Waals surface area contributed by atoms with Crippen molar-refractivity contribution in [2.24, 2.45) is 4.99 Å². The first kappa shape index (κ1) is 29.1. The summed E-state index contributed by atoms with van der Waals surface area (Å²) in [6, 6.07) is 8.11. The molecule has 0 amide bonds. The predicted molar refractivity (Wildman–Crippen MR) is 143 cm³/mol. The number of aromatic nitrogens is 1. The first-order valence-corrected chi connectivity index (χ1v) is 11.6. The van der Waals surface area contributed by atoms with Gasteiger partial charge in [-0.2, -0.15) is 0 Å². The number of allylic oxidation sites excluding steroid dienone is 2. The first-order valence-electron chi connectivity index (χ1n) is 11.6. The minimum atomic E-state index is 0.795. The topological polar surface area (TPSA) is 46.5 Å². The van der Waals surface area contributed by atoms with Crippen LogP contribution in [0.4, 0.5) is 5.69 Å². The molecule has 32 heavy (non-hydrogen) atoms. The third-order valence-electron chi connectivity index (χ3n) is 4.72. The van der Waals surface area contributed by atoms with Crippen molar-refractivity contribution in [1.29, 1.82) is 0 Å². The zero-order valence-corrected chi connectivity index (χ0v) is 21.7. The number of nitrogens with zero attached hydrogens (tertiary/aromatic N) is 2. The van der Waals surface area contributed by atoms with Crippen LogP contribution in [0.15, 0.2) is 54.3 Å². The molecule has 4 nitrogen and oxygen atoms in total. The Balaban J connectivity index is 0.00000144. The number of pyridine rings is 1. The Morgan fingerprint density at radius 3 is 2.28 bits per heavy atom. The fourth-order valence-corrected chi connectivity index (χ4v) is 2.63. The highest BCUT2D eigenvalue weighted by atomic mass is 16.5. The molecule has 2 aromatic rings. The number of hydrogen-bond acceptors (Lipinski definition) is 3. The molecule has 0 spiro atoms. The van der Waals surface area contributed by atoms with Gasteiger partial charge in [0.25, 0.3) is 0 Å². The number of anilines is 1. The molecule has 0 bridgehead atoms. The molecule has 1 aromatic heterocycles. The van der Waals surface area contributed by atoms with E-state index in [1.54, 1.807) is 13.3 Å². The molecule has 1 aromatic carbocycles. The van der Waals surface area contributed by atoms with Crippen LogP contribution in [-0.2, 0) is 6.42 Å². The largest absolute Gasteiger partial charge is 0.496 e. The SMILES string of the molecule is C=C(/C=C\N=C(C)Nc1cc(CC)c(C)c(OC)c1)c1ccc(C)nc1.CC.CCCC. The lowest BCUT2D eigenvalue weighted by atomic mass is 10.0. The van der Waals surface area contributed by atoms with Gasteiger partial charge in [-0.15, -0.1) is 0 Å². The fourth-order valence-electron chi connectivity index (χ4n) is 2.63. The van der Waals surface area contributed by atoms with Crippen molar-refractivity contribution in [3.05, 3.63) is 71.7 Å². The number of amidine groups is 1. The van der Waals surface area contributed by atoms with Gasteiger partial charge in [-0.25, -0.2) is 4.99 Å². The summed E-state index contributed by atoms with van der Waals surface area (Å²) in [5.41, 5.74) is 6.26. The molecule has 0 radical (unpaired) electrons. The molecule has 0 aliphatic carbocycles. The zero-order chi connectivity index (χ0) is 24.5. The van der Waals surface area contributed by atoms with Crippen LogP contribution >= 0.6 is 0 Å². The molecule has 0 aliphatic heterocycles. The molecule has 1 heterocycles. The molecule has 0 fully saturated rings. The summed E-state index contributed by atoms with van der Waals surface area (Å²) in [4.78, 5) is 8.72. The molecular weight excluding hydrogens is 394 g/mol. The van der Waals surface area contributed by atoms with Crippen LogP contribution in [0.25, 0.3) is 5.57 Å². The lowest BCUT2D eigenvalue weighted by Crippen LogP contribution is -2.07. The fraction of sp³-hybridized carbons (Fsp3) is 0.429. The molecule has 0 saturated heterocycles. The maximum absolute atomic E-state index is 5.47. The van der Waals surface area contributed by atoms with Gasteiger partial charge in [-0.05, 0) is 67.7 Å². The minimum absolute atomic E-state index is 0.795. The minimum Gasteiger partial charge on any atom is -0.496 e. The molecule has 0 saturated carbocycles. The Morgan fingerprint density at radius 2 is 1.78 bits per heavy atom. The standard InChI is InChI=1S/C22H27N3O.C4H10.C2H6/c1-7-19-12-21(13-22(26-6)17(19)4)25-18(5)23-11-10-15(2)20-9-8-16(3)24-14-20;1-3-4-2;1-2/h8-14H,2,7H2,1,3-6H3,(H,23,25);3-4H2,1-2H3;1-2H3/b11-10-;;. The van der Waals surface area contributed by atoms with Crippen LogP contribution in [0, 0.1) is 13.8 Å². The van der Waals surface area contributed by atoms with Crippen LogP contribution in [0.1, 0.15) is 76.8 Å². The number of ether oxygens (including phenoxy) is 1. The van der Waals surface area contributed by atoms with E-state index in [1.165, 1.54) is 24.0 Å². The summed E-state index contributed by atoms with van der Waals surface area (Å²) in [6.45, 7) is 20.5. The second kappa shape index (κ2) is 16.8. The highest BCUT2D eigenvalue weighted by Gasteiger charge is 2.07. The molecule has 1 N–H and O–H groups in total. The number of rotatable bonds is 7. The quantitative estimate of drug-likeness (QED) is 0.270. The van der Waals surface area contributed by atoms with Gasteiger partial charge in [0, 0.05) is 29.8 Å². The van der Waals surface area contributed by atoms with Crippen molar-refractivity contribution in [1.82, 2.24) is 4.98 Å². The van der Waals surface area contributed by atoms with Crippen molar-refractivity contribution in [3.63, 3.8) is 0 Å². The van der Waals surface area contributed by atoms with Crippen LogP contribution in [0.2, 0.25) is 0 Å². The van der Waals surface area contributed by atoms with Crippen molar-refractivity contribution >= 4 is 17.1 Å². The highest BCUT2D eigenvalue weighted by molar-refractivity contribution is 5.94. The maximum Gasteiger partial charge on any atom is 0.124 e. The average Bonchev–Trinajstić information content (AvgIpc) is 2.81. The van der Waals surface area contributed by atoms with Crippen molar-refractivity contribution in [3.8, 4) is 5.75 Å². The lowest BCUT2D eigenvalue weighted by Gasteiger charge is -2.13. The number of aliphatic imine (C=N–C) groups is 1. The monoisotopic (exact) mass is 437 g/mol. The van der Waals surface area contributed by atoms with Crippen molar-refractivity contribution in [2.45, 2.75) is 74.7 Å². The van der Waals surface area contributed by atoms with E-state index in [2.05, 4.69) is 55.6 Å². The summed E-state index contributed by atoms with van der Waals surface area (Å²) in [7, 11) is 1.70. The van der Waals surface area contributed by atoms with E-state index in [1.807, 2.05) is 58.2 Å². The third kappa shape index (κ3) is 10.4. The number of benzene rings is 1. The van der Waals surface area contributed by atoms with Crippen molar-refractivity contribution in [2.75, 3.05) is 12.4 Å². The van der Waals surface area contributed by atoms with Gasteiger partial charge in [-0.3, -0.25) is 4.98 Å². The molecule has 176 valence electrons. The Kier molecular flexibility index (Phi) is 15.3. The molecule has 2 rings (SSSR count). The second-order valence-corrected chi connectivity index (χ2v) is 7.18. The van der Waals surface area contributed by atoms with E-state index in [0.717, 1.165) is 40.5 Å². The van der Waals surface area contributed by atoms with E-state index in [0.29, 0.717) is 0 Å². The average molecular weight is 438 g/mol. The Morgan fingerprint density at radius 1 is 1.12 bits per heavy atom. The van der Waals surface area contributed by atoms with Gasteiger partial charge in [0.2, 0.25) is 0 Å². The second-order valence-electron chi connectivity index (χ2n) is 7.18. The number of hydrogen-bond donors (Lipinski definition) is 1. The van der Waals surface area contributed by atoms with Gasteiger partial charge >= 0.3 is 0 Å².